The van der Waals surface area contributed by atoms with Crippen molar-refractivity contribution < 1.29 is 14.3 Å². The molecule has 4 heteroatoms. The third-order valence-corrected chi connectivity index (χ3v) is 2.62. The molecule has 0 spiro atoms. The van der Waals surface area contributed by atoms with Crippen LogP contribution in [0.4, 0.5) is 0 Å². The Morgan fingerprint density at radius 1 is 1.22 bits per heavy atom. The fourth-order valence-corrected chi connectivity index (χ4v) is 1.70. The van der Waals surface area contributed by atoms with Gasteiger partial charge in [-0.3, -0.25) is 4.79 Å². The quantitative estimate of drug-likeness (QED) is 0.750. The van der Waals surface area contributed by atoms with Crippen molar-refractivity contribution in [2.45, 2.75) is 20.3 Å². The molecule has 0 aliphatic carbocycles. The second-order valence-electron chi connectivity index (χ2n) is 3.97. The van der Waals surface area contributed by atoms with Gasteiger partial charge in [-0.05, 0) is 38.0 Å². The van der Waals surface area contributed by atoms with Crippen molar-refractivity contribution in [3.63, 3.8) is 0 Å². The van der Waals surface area contributed by atoms with Crippen LogP contribution >= 0.6 is 0 Å². The van der Waals surface area contributed by atoms with Crippen molar-refractivity contribution in [3.05, 3.63) is 29.8 Å². The van der Waals surface area contributed by atoms with Crippen LogP contribution in [-0.2, 0) is 16.0 Å². The van der Waals surface area contributed by atoms with Crippen LogP contribution in [0, 0.1) is 5.92 Å². The van der Waals surface area contributed by atoms with Crippen molar-refractivity contribution in [1.82, 2.24) is 0 Å². The molecule has 0 aromatic heterocycles. The Kier molecular flexibility index (Phi) is 6.22. The summed E-state index contributed by atoms with van der Waals surface area (Å²) in [5.41, 5.74) is 6.66. The lowest BCUT2D eigenvalue weighted by Crippen LogP contribution is -2.27. The maximum atomic E-state index is 11.6. The van der Waals surface area contributed by atoms with Crippen molar-refractivity contribution >= 4 is 5.97 Å². The molecule has 1 atom stereocenters. The maximum absolute atomic E-state index is 11.6. The first kappa shape index (κ1) is 14.5. The first-order chi connectivity index (χ1) is 8.71. The van der Waals surface area contributed by atoms with Crippen molar-refractivity contribution in [3.8, 4) is 5.75 Å². The van der Waals surface area contributed by atoms with E-state index in [1.165, 1.54) is 0 Å². The highest BCUT2D eigenvalue weighted by atomic mass is 16.5. The molecule has 0 bridgehead atoms. The summed E-state index contributed by atoms with van der Waals surface area (Å²) in [5, 5.41) is 0. The zero-order valence-corrected chi connectivity index (χ0v) is 11.0. The zero-order chi connectivity index (χ0) is 13.4. The van der Waals surface area contributed by atoms with Crippen molar-refractivity contribution in [1.29, 1.82) is 0 Å². The predicted octanol–water partition coefficient (Wildman–Crippen LogP) is 1.77. The highest BCUT2D eigenvalue weighted by Crippen LogP contribution is 2.15. The molecule has 0 radical (unpaired) electrons. The fourth-order valence-electron chi connectivity index (χ4n) is 1.70. The van der Waals surface area contributed by atoms with E-state index < -0.39 is 0 Å². The molecule has 0 aliphatic heterocycles. The summed E-state index contributed by atoms with van der Waals surface area (Å²) < 4.78 is 10.3. The number of hydrogen-bond donors (Lipinski definition) is 1. The highest BCUT2D eigenvalue weighted by Gasteiger charge is 2.18. The van der Waals surface area contributed by atoms with Crippen LogP contribution in [0.25, 0.3) is 0 Å². The number of rotatable bonds is 7. The van der Waals surface area contributed by atoms with E-state index in [2.05, 4.69) is 0 Å². The van der Waals surface area contributed by atoms with Crippen molar-refractivity contribution in [2.24, 2.45) is 11.7 Å². The van der Waals surface area contributed by atoms with Crippen LogP contribution in [0.1, 0.15) is 19.4 Å². The maximum Gasteiger partial charge on any atom is 0.310 e. The second kappa shape index (κ2) is 7.71. The predicted molar refractivity (Wildman–Crippen MR) is 70.5 cm³/mol. The molecule has 0 saturated carbocycles. The van der Waals surface area contributed by atoms with E-state index >= 15 is 0 Å². The first-order valence-corrected chi connectivity index (χ1v) is 6.29. The normalized spacial score (nSPS) is 11.9. The highest BCUT2D eigenvalue weighted by molar-refractivity contribution is 5.73. The Balaban J connectivity index is 2.61. The average Bonchev–Trinajstić information content (AvgIpc) is 2.38. The van der Waals surface area contributed by atoms with Gasteiger partial charge < -0.3 is 15.2 Å². The summed E-state index contributed by atoms with van der Waals surface area (Å²) in [5.74, 6) is 0.332. The minimum atomic E-state index is -0.275. The average molecular weight is 251 g/mol. The van der Waals surface area contributed by atoms with E-state index in [-0.39, 0.29) is 11.9 Å². The summed E-state index contributed by atoms with van der Waals surface area (Å²) in [7, 11) is 0. The van der Waals surface area contributed by atoms with Gasteiger partial charge in [0, 0.05) is 6.54 Å². The smallest absolute Gasteiger partial charge is 0.310 e. The van der Waals surface area contributed by atoms with Crippen LogP contribution in [0.2, 0.25) is 0 Å². The van der Waals surface area contributed by atoms with Gasteiger partial charge in [-0.1, -0.05) is 12.1 Å². The Hall–Kier alpha value is -1.55. The van der Waals surface area contributed by atoms with E-state index in [0.717, 1.165) is 11.3 Å². The van der Waals surface area contributed by atoms with Crippen LogP contribution < -0.4 is 10.5 Å². The molecule has 2 N–H and O–H groups in total. The van der Waals surface area contributed by atoms with Gasteiger partial charge in [-0.2, -0.15) is 0 Å². The number of ether oxygens (including phenoxy) is 2. The van der Waals surface area contributed by atoms with Gasteiger partial charge in [0.15, 0.2) is 0 Å². The third kappa shape index (κ3) is 4.37. The number of carbonyl (C=O) groups is 1. The zero-order valence-electron chi connectivity index (χ0n) is 11.0. The molecular formula is C14H21NO3. The minimum Gasteiger partial charge on any atom is -0.494 e. The van der Waals surface area contributed by atoms with Crippen LogP contribution in [-0.4, -0.2) is 25.7 Å². The molecule has 0 aliphatic rings. The topological polar surface area (TPSA) is 61.5 Å². The lowest BCUT2D eigenvalue weighted by atomic mass is 9.99. The molecule has 0 heterocycles. The van der Waals surface area contributed by atoms with E-state index in [9.17, 15) is 4.79 Å². The number of hydrogen-bond acceptors (Lipinski definition) is 4. The Bertz CT molecular complexity index is 362. The van der Waals surface area contributed by atoms with E-state index in [4.69, 9.17) is 15.2 Å². The van der Waals surface area contributed by atoms with Gasteiger partial charge in [0.2, 0.25) is 0 Å². The Labute approximate surface area is 108 Å². The van der Waals surface area contributed by atoms with Gasteiger partial charge in [-0.15, -0.1) is 0 Å². The molecular weight excluding hydrogens is 230 g/mol. The van der Waals surface area contributed by atoms with Crippen LogP contribution in [0.15, 0.2) is 24.3 Å². The molecule has 18 heavy (non-hydrogen) atoms. The molecule has 0 amide bonds. The van der Waals surface area contributed by atoms with Crippen LogP contribution in [0.3, 0.4) is 0 Å². The van der Waals surface area contributed by atoms with Crippen molar-refractivity contribution in [2.75, 3.05) is 19.8 Å². The first-order valence-electron chi connectivity index (χ1n) is 6.29. The lowest BCUT2D eigenvalue weighted by Gasteiger charge is -2.13. The summed E-state index contributed by atoms with van der Waals surface area (Å²) in [4.78, 5) is 11.6. The molecule has 1 unspecified atom stereocenters. The molecule has 1 rings (SSSR count). The molecule has 100 valence electrons. The Morgan fingerprint density at radius 3 is 2.39 bits per heavy atom. The largest absolute Gasteiger partial charge is 0.494 e. The Morgan fingerprint density at radius 2 is 1.89 bits per heavy atom. The number of nitrogens with two attached hydrogens (primary N) is 1. The number of carbonyl (C=O) groups excluding carboxylic acids is 1. The molecule has 4 nitrogen and oxygen atoms in total. The number of esters is 1. The summed E-state index contributed by atoms with van der Waals surface area (Å²) in [6.07, 6.45) is 0.599. The van der Waals surface area contributed by atoms with Gasteiger partial charge >= 0.3 is 5.97 Å². The second-order valence-corrected chi connectivity index (χ2v) is 3.97. The van der Waals surface area contributed by atoms with Gasteiger partial charge in [0.25, 0.3) is 0 Å². The van der Waals surface area contributed by atoms with Crippen LogP contribution in [0.5, 0.6) is 5.75 Å². The van der Waals surface area contributed by atoms with Gasteiger partial charge in [0.1, 0.15) is 5.75 Å². The van der Waals surface area contributed by atoms with E-state index in [0.29, 0.717) is 26.2 Å². The monoisotopic (exact) mass is 251 g/mol. The molecule has 1 aromatic carbocycles. The van der Waals surface area contributed by atoms with Gasteiger partial charge in [-0.25, -0.2) is 0 Å². The minimum absolute atomic E-state index is 0.228. The van der Waals surface area contributed by atoms with Gasteiger partial charge in [0.05, 0.1) is 19.1 Å². The number of benzene rings is 1. The molecule has 0 fully saturated rings. The summed E-state index contributed by atoms with van der Waals surface area (Å²) >= 11 is 0. The lowest BCUT2D eigenvalue weighted by molar-refractivity contribution is -0.147. The summed E-state index contributed by atoms with van der Waals surface area (Å²) in [6, 6.07) is 7.70. The van der Waals surface area contributed by atoms with E-state index in [1.807, 2.05) is 31.2 Å². The fraction of sp³-hybridized carbons (Fsp3) is 0.500. The van der Waals surface area contributed by atoms with E-state index in [1.54, 1.807) is 6.92 Å². The molecule has 0 saturated heterocycles. The summed E-state index contributed by atoms with van der Waals surface area (Å²) in [6.45, 7) is 5.07. The standard InChI is InChI=1S/C14H21NO3/c1-3-17-13-7-5-11(6-8-13)9-12(10-15)14(16)18-4-2/h5-8,12H,3-4,9-10,15H2,1-2H3. The SMILES string of the molecule is CCOC(=O)C(CN)Cc1ccc(OCC)cc1. The molecule has 1 aromatic rings. The third-order valence-electron chi connectivity index (χ3n) is 2.62.